The summed E-state index contributed by atoms with van der Waals surface area (Å²) in [5.74, 6) is 2.03. The lowest BCUT2D eigenvalue weighted by Crippen LogP contribution is -2.14. The Morgan fingerprint density at radius 1 is 0.529 bits per heavy atom. The van der Waals surface area contributed by atoms with Gasteiger partial charge in [0.25, 0.3) is 0 Å². The summed E-state index contributed by atoms with van der Waals surface area (Å²) in [6.45, 7) is 4.57. The first-order valence-corrected chi connectivity index (χ1v) is 12.1. The van der Waals surface area contributed by atoms with E-state index in [9.17, 15) is 0 Å². The summed E-state index contributed by atoms with van der Waals surface area (Å²) in [5.41, 5.74) is 8.05. The van der Waals surface area contributed by atoms with E-state index in [0.29, 0.717) is 17.5 Å². The number of fused-ring (bicyclic) bond motifs is 3. The molecule has 1 heterocycles. The van der Waals surface area contributed by atoms with E-state index in [2.05, 4.69) is 66.2 Å². The maximum absolute atomic E-state index is 4.90. The van der Waals surface area contributed by atoms with Crippen LogP contribution in [0.5, 0.6) is 0 Å². The monoisotopic (exact) mass is 503 g/mol. The molecule has 0 bridgehead atoms. The highest BCUT2D eigenvalue weighted by Crippen LogP contribution is 2.50. The molecule has 0 amide bonds. The average molecular weight is 504 g/mol. The molecule has 4 aromatic carbocycles. The van der Waals surface area contributed by atoms with Crippen molar-refractivity contribution < 1.29 is 0 Å². The summed E-state index contributed by atoms with van der Waals surface area (Å²) in [7, 11) is 0. The lowest BCUT2D eigenvalue weighted by Gasteiger charge is -2.21. The molecule has 0 saturated carbocycles. The number of halogens is 1. The molecule has 0 atom stereocenters. The van der Waals surface area contributed by atoms with Gasteiger partial charge in [0.1, 0.15) is 0 Å². The van der Waals surface area contributed by atoms with Gasteiger partial charge in [-0.3, -0.25) is 0 Å². The molecule has 34 heavy (non-hydrogen) atoms. The molecule has 6 rings (SSSR count). The van der Waals surface area contributed by atoms with Crippen molar-refractivity contribution in [3.05, 3.63) is 113 Å². The van der Waals surface area contributed by atoms with E-state index in [1.165, 1.54) is 22.3 Å². The maximum Gasteiger partial charge on any atom is 0.164 e. The molecule has 0 radical (unpaired) electrons. The Bertz CT molecular complexity index is 1470. The van der Waals surface area contributed by atoms with Gasteiger partial charge in [-0.1, -0.05) is 109 Å². The van der Waals surface area contributed by atoms with E-state index >= 15 is 0 Å². The molecule has 0 spiro atoms. The Morgan fingerprint density at radius 3 is 1.56 bits per heavy atom. The fourth-order valence-corrected chi connectivity index (χ4v) is 5.18. The van der Waals surface area contributed by atoms with Crippen LogP contribution in [0.4, 0.5) is 0 Å². The largest absolute Gasteiger partial charge is 0.208 e. The predicted molar refractivity (Wildman–Crippen MR) is 141 cm³/mol. The molecule has 3 nitrogen and oxygen atoms in total. The van der Waals surface area contributed by atoms with Crippen molar-refractivity contribution in [3.63, 3.8) is 0 Å². The van der Waals surface area contributed by atoms with Crippen LogP contribution < -0.4 is 0 Å². The molecule has 1 aliphatic rings. The normalized spacial score (nSPS) is 13.4. The molecule has 0 aliphatic heterocycles. The molecule has 1 aliphatic carbocycles. The van der Waals surface area contributed by atoms with Crippen LogP contribution in [-0.2, 0) is 5.41 Å². The summed E-state index contributed by atoms with van der Waals surface area (Å²) < 4.78 is 1.08. The Balaban J connectivity index is 1.56. The molecule has 0 fully saturated rings. The Labute approximate surface area is 207 Å². The minimum absolute atomic E-state index is 0.0482. The van der Waals surface area contributed by atoms with Gasteiger partial charge in [-0.25, -0.2) is 15.0 Å². The van der Waals surface area contributed by atoms with Crippen molar-refractivity contribution in [3.8, 4) is 45.3 Å². The van der Waals surface area contributed by atoms with Crippen LogP contribution in [-0.4, -0.2) is 15.0 Å². The van der Waals surface area contributed by atoms with Crippen molar-refractivity contribution in [1.29, 1.82) is 0 Å². The molecule has 1 aromatic heterocycles. The zero-order chi connectivity index (χ0) is 23.3. The van der Waals surface area contributed by atoms with Crippen molar-refractivity contribution >= 4 is 15.9 Å². The van der Waals surface area contributed by atoms with Gasteiger partial charge in [0.15, 0.2) is 17.5 Å². The second-order valence-electron chi connectivity index (χ2n) is 9.11. The fourth-order valence-electron chi connectivity index (χ4n) is 4.82. The van der Waals surface area contributed by atoms with Gasteiger partial charge >= 0.3 is 0 Å². The standard InChI is InChI=1S/C30H22BrN3/c1-30(2)25-15-13-21(17-23(25)24-18-22(31)14-16-26(24)30)29-33-27(19-9-5-3-6-10-19)32-28(34-29)20-11-7-4-8-12-20/h3-18H,1-2H3. The number of aromatic nitrogens is 3. The van der Waals surface area contributed by atoms with E-state index in [1.54, 1.807) is 0 Å². The van der Waals surface area contributed by atoms with Gasteiger partial charge in [0.2, 0.25) is 0 Å². The van der Waals surface area contributed by atoms with E-state index < -0.39 is 0 Å². The SMILES string of the molecule is CC1(C)c2ccc(Br)cc2-c2cc(-c3nc(-c4ccccc4)nc(-c4ccccc4)n3)ccc21. The quantitative estimate of drug-likeness (QED) is 0.250. The summed E-state index contributed by atoms with van der Waals surface area (Å²) in [4.78, 5) is 14.6. The second kappa shape index (κ2) is 8.00. The zero-order valence-corrected chi connectivity index (χ0v) is 20.5. The average Bonchev–Trinajstić information content (AvgIpc) is 3.10. The third-order valence-electron chi connectivity index (χ3n) is 6.60. The zero-order valence-electron chi connectivity index (χ0n) is 19.0. The number of hydrogen-bond donors (Lipinski definition) is 0. The minimum Gasteiger partial charge on any atom is -0.208 e. The lowest BCUT2D eigenvalue weighted by atomic mass is 9.82. The van der Waals surface area contributed by atoms with Crippen LogP contribution in [0, 0.1) is 0 Å². The summed E-state index contributed by atoms with van der Waals surface area (Å²) >= 11 is 3.66. The summed E-state index contributed by atoms with van der Waals surface area (Å²) in [5, 5.41) is 0. The molecule has 0 unspecified atom stereocenters. The van der Waals surface area contributed by atoms with E-state index in [-0.39, 0.29) is 5.41 Å². The fraction of sp³-hybridized carbons (Fsp3) is 0.100. The van der Waals surface area contributed by atoms with Crippen molar-refractivity contribution in [2.45, 2.75) is 19.3 Å². The molecule has 0 N–H and O–H groups in total. The summed E-state index contributed by atoms with van der Waals surface area (Å²) in [6.07, 6.45) is 0. The third-order valence-corrected chi connectivity index (χ3v) is 7.09. The first kappa shape index (κ1) is 20.9. The topological polar surface area (TPSA) is 38.7 Å². The Kier molecular flexibility index (Phi) is 4.93. The highest BCUT2D eigenvalue weighted by Gasteiger charge is 2.35. The summed E-state index contributed by atoms with van der Waals surface area (Å²) in [6, 6.07) is 33.3. The Morgan fingerprint density at radius 2 is 1.00 bits per heavy atom. The highest BCUT2D eigenvalue weighted by molar-refractivity contribution is 9.10. The van der Waals surface area contributed by atoms with Gasteiger partial charge in [-0.2, -0.15) is 0 Å². The van der Waals surface area contributed by atoms with E-state index in [0.717, 1.165) is 21.2 Å². The van der Waals surface area contributed by atoms with E-state index in [4.69, 9.17) is 15.0 Å². The first-order chi connectivity index (χ1) is 16.5. The van der Waals surface area contributed by atoms with Crippen molar-refractivity contribution in [2.24, 2.45) is 0 Å². The Hall–Kier alpha value is -3.63. The molecular formula is C30H22BrN3. The number of benzene rings is 4. The molecular weight excluding hydrogens is 482 g/mol. The van der Waals surface area contributed by atoms with Crippen molar-refractivity contribution in [1.82, 2.24) is 15.0 Å². The van der Waals surface area contributed by atoms with Gasteiger partial charge in [-0.05, 0) is 40.5 Å². The van der Waals surface area contributed by atoms with Crippen LogP contribution in [0.15, 0.2) is 102 Å². The van der Waals surface area contributed by atoms with Crippen LogP contribution in [0.2, 0.25) is 0 Å². The lowest BCUT2D eigenvalue weighted by molar-refractivity contribution is 0.660. The third kappa shape index (κ3) is 3.46. The molecule has 5 aromatic rings. The van der Waals surface area contributed by atoms with Gasteiger partial charge in [0, 0.05) is 26.6 Å². The number of nitrogens with zero attached hydrogens (tertiary/aromatic N) is 3. The van der Waals surface area contributed by atoms with E-state index in [1.807, 2.05) is 60.7 Å². The molecule has 0 saturated heterocycles. The smallest absolute Gasteiger partial charge is 0.164 e. The van der Waals surface area contributed by atoms with Crippen LogP contribution >= 0.6 is 15.9 Å². The van der Waals surface area contributed by atoms with Crippen LogP contribution in [0.1, 0.15) is 25.0 Å². The van der Waals surface area contributed by atoms with Crippen molar-refractivity contribution in [2.75, 3.05) is 0 Å². The van der Waals surface area contributed by atoms with Gasteiger partial charge in [0.05, 0.1) is 0 Å². The first-order valence-electron chi connectivity index (χ1n) is 11.3. The molecule has 164 valence electrons. The minimum atomic E-state index is -0.0482. The predicted octanol–water partition coefficient (Wildman–Crippen LogP) is 7.94. The van der Waals surface area contributed by atoms with Gasteiger partial charge in [-0.15, -0.1) is 0 Å². The number of rotatable bonds is 3. The van der Waals surface area contributed by atoms with Crippen LogP contribution in [0.3, 0.4) is 0 Å². The number of hydrogen-bond acceptors (Lipinski definition) is 3. The second-order valence-corrected chi connectivity index (χ2v) is 10.0. The highest BCUT2D eigenvalue weighted by atomic mass is 79.9. The van der Waals surface area contributed by atoms with Crippen LogP contribution in [0.25, 0.3) is 45.3 Å². The maximum atomic E-state index is 4.90. The van der Waals surface area contributed by atoms with Gasteiger partial charge < -0.3 is 0 Å². The molecule has 4 heteroatoms.